The van der Waals surface area contributed by atoms with Crippen LogP contribution >= 0.6 is 21.6 Å². The van der Waals surface area contributed by atoms with E-state index in [4.69, 9.17) is 0 Å². The highest BCUT2D eigenvalue weighted by atomic mass is 33.1. The molecule has 0 atom stereocenters. The Morgan fingerprint density at radius 3 is 1.00 bits per heavy atom. The zero-order chi connectivity index (χ0) is 42.0. The number of amides is 2. The predicted molar refractivity (Wildman–Crippen MR) is 258 cm³/mol. The fraction of sp³-hybridized carbons (Fsp3) is 0.959. The summed E-state index contributed by atoms with van der Waals surface area (Å²) in [5.41, 5.74) is 0. The Kier molecular flexibility index (Phi) is 41.9. The molecular weight excluding hydrogens is 741 g/mol. The van der Waals surface area contributed by atoms with Gasteiger partial charge in [-0.3, -0.25) is 9.59 Å². The second kappa shape index (κ2) is 42.3. The van der Waals surface area contributed by atoms with Crippen LogP contribution in [0.3, 0.4) is 0 Å². The van der Waals surface area contributed by atoms with Gasteiger partial charge in [0.15, 0.2) is 6.54 Å². The minimum absolute atomic E-state index is 0.158. The van der Waals surface area contributed by atoms with E-state index >= 15 is 0 Å². The zero-order valence-corrected chi connectivity index (χ0v) is 41.2. The van der Waals surface area contributed by atoms with Crippen LogP contribution in [-0.2, 0) is 9.59 Å². The topological polar surface area (TPSA) is 58.2 Å². The number of carbonyl (C=O) groups is 2. The molecule has 2 N–H and O–H groups in total. The van der Waals surface area contributed by atoms with E-state index in [2.05, 4.69) is 52.7 Å². The van der Waals surface area contributed by atoms with Crippen molar-refractivity contribution >= 4 is 33.4 Å². The van der Waals surface area contributed by atoms with Gasteiger partial charge in [-0.05, 0) is 44.9 Å². The molecule has 0 bridgehead atoms. The van der Waals surface area contributed by atoms with Crippen LogP contribution in [-0.4, -0.2) is 99.7 Å². The summed E-state index contributed by atoms with van der Waals surface area (Å²) in [4.78, 5) is 24.7. The van der Waals surface area contributed by atoms with E-state index in [1.165, 1.54) is 217 Å². The fourth-order valence-electron chi connectivity index (χ4n) is 7.95. The van der Waals surface area contributed by atoms with E-state index in [9.17, 15) is 9.59 Å². The van der Waals surface area contributed by atoms with Crippen LogP contribution in [0.5, 0.6) is 0 Å². The number of quaternary nitrogens is 2. The number of hydrogen-bond donors (Lipinski definition) is 2. The van der Waals surface area contributed by atoms with Gasteiger partial charge in [-0.1, -0.05) is 196 Å². The summed E-state index contributed by atoms with van der Waals surface area (Å²) in [6, 6.07) is 0. The lowest BCUT2D eigenvalue weighted by molar-refractivity contribution is -0.890. The van der Waals surface area contributed by atoms with Crippen LogP contribution in [0.25, 0.3) is 0 Å². The van der Waals surface area contributed by atoms with Crippen molar-refractivity contribution in [2.24, 2.45) is 0 Å². The molecule has 57 heavy (non-hydrogen) atoms. The Labute approximate surface area is 365 Å². The molecule has 0 fully saturated rings. The van der Waals surface area contributed by atoms with Crippen LogP contribution in [0.2, 0.25) is 0 Å². The first kappa shape index (κ1) is 56.6. The number of hydrogen-bond acceptors (Lipinski definition) is 4. The van der Waals surface area contributed by atoms with Crippen molar-refractivity contribution in [3.05, 3.63) is 0 Å². The van der Waals surface area contributed by atoms with Crippen molar-refractivity contribution < 1.29 is 18.6 Å². The Balaban J connectivity index is 3.50. The normalized spacial score (nSPS) is 12.0. The van der Waals surface area contributed by atoms with E-state index < -0.39 is 0 Å². The van der Waals surface area contributed by atoms with Crippen LogP contribution in [0, 0.1) is 0 Å². The number of nitrogens with zero attached hydrogens (tertiary/aromatic N) is 2. The molecule has 0 saturated heterocycles. The monoisotopic (exact) mass is 843 g/mol. The van der Waals surface area contributed by atoms with Gasteiger partial charge in [0.05, 0.1) is 47.8 Å². The minimum Gasteiger partial charge on any atom is -0.355 e. The van der Waals surface area contributed by atoms with Crippen LogP contribution < -0.4 is 10.6 Å². The molecule has 0 spiro atoms. The minimum atomic E-state index is 0.158. The molecule has 0 aromatic rings. The van der Waals surface area contributed by atoms with Crippen molar-refractivity contribution in [2.45, 2.75) is 226 Å². The SMILES string of the molecule is CCCCCCCCCCCCCC[N+](C)(C)CCCCCCCCCCC(=O)NCCSSCCNC(=O)C[N+](C)(C)CCCCCCCCCCCCCC. The molecule has 6 nitrogen and oxygen atoms in total. The van der Waals surface area contributed by atoms with Crippen molar-refractivity contribution in [1.82, 2.24) is 10.6 Å². The smallest absolute Gasteiger partial charge is 0.275 e. The summed E-state index contributed by atoms with van der Waals surface area (Å²) < 4.78 is 1.96. The lowest BCUT2D eigenvalue weighted by Gasteiger charge is -2.30. The lowest BCUT2D eigenvalue weighted by Crippen LogP contribution is -2.48. The molecule has 0 aromatic carbocycles. The van der Waals surface area contributed by atoms with E-state index in [0.717, 1.165) is 35.5 Å². The maximum Gasteiger partial charge on any atom is 0.275 e. The second-order valence-electron chi connectivity index (χ2n) is 18.9. The summed E-state index contributed by atoms with van der Waals surface area (Å²) in [5.74, 6) is 2.16. The van der Waals surface area contributed by atoms with E-state index in [-0.39, 0.29) is 11.8 Å². The average molecular weight is 844 g/mol. The van der Waals surface area contributed by atoms with Crippen LogP contribution in [0.4, 0.5) is 0 Å². The van der Waals surface area contributed by atoms with Crippen LogP contribution in [0.15, 0.2) is 0 Å². The molecule has 0 aliphatic heterocycles. The molecule has 2 amide bonds. The Hall–Kier alpha value is -0.440. The Bertz CT molecular complexity index is 872. The van der Waals surface area contributed by atoms with E-state index in [1.54, 1.807) is 21.6 Å². The van der Waals surface area contributed by atoms with Gasteiger partial charge in [0.25, 0.3) is 5.91 Å². The third kappa shape index (κ3) is 44.9. The molecule has 0 saturated carbocycles. The molecule has 0 unspecified atom stereocenters. The summed E-state index contributed by atoms with van der Waals surface area (Å²) in [5, 5.41) is 6.19. The number of nitrogens with one attached hydrogen (secondary N) is 2. The molecule has 340 valence electrons. The average Bonchev–Trinajstić information content (AvgIpc) is 3.17. The highest BCUT2D eigenvalue weighted by Gasteiger charge is 2.19. The fourth-order valence-corrected chi connectivity index (χ4v) is 9.77. The van der Waals surface area contributed by atoms with Gasteiger partial charge in [-0.2, -0.15) is 0 Å². The quantitative estimate of drug-likeness (QED) is 0.0364. The lowest BCUT2D eigenvalue weighted by atomic mass is 10.0. The standard InChI is InChI=1S/C49H100N4O2S2/c1-7-9-11-13-15-17-19-21-24-28-32-36-42-52(3,4)43-37-33-29-26-23-27-31-35-39-48(54)50-40-45-56-57-46-41-51-49(55)47-53(5,6)44-38-34-30-25-22-20-18-16-14-12-10-8-2/h7-47H2,1-6H3/p+2. The largest absolute Gasteiger partial charge is 0.355 e. The van der Waals surface area contributed by atoms with Gasteiger partial charge in [-0.15, -0.1) is 0 Å². The second-order valence-corrected chi connectivity index (χ2v) is 21.6. The summed E-state index contributed by atoms with van der Waals surface area (Å²) >= 11 is 0. The van der Waals surface area contributed by atoms with Crippen LogP contribution in [0.1, 0.15) is 226 Å². The molecule has 0 heterocycles. The van der Waals surface area contributed by atoms with Crippen molar-refractivity contribution in [2.75, 3.05) is 79.0 Å². The van der Waals surface area contributed by atoms with Gasteiger partial charge in [0, 0.05) is 31.0 Å². The van der Waals surface area contributed by atoms with Crippen molar-refractivity contribution in [3.63, 3.8) is 0 Å². The van der Waals surface area contributed by atoms with Crippen molar-refractivity contribution in [1.29, 1.82) is 0 Å². The molecule has 0 aliphatic carbocycles. The number of carbonyl (C=O) groups excluding carboxylic acids is 2. The number of unbranched alkanes of at least 4 members (excludes halogenated alkanes) is 29. The first-order chi connectivity index (χ1) is 27.6. The molecule has 0 rings (SSSR count). The van der Waals surface area contributed by atoms with Gasteiger partial charge < -0.3 is 19.6 Å². The first-order valence-corrected chi connectivity index (χ1v) is 27.5. The zero-order valence-electron chi connectivity index (χ0n) is 39.5. The van der Waals surface area contributed by atoms with Gasteiger partial charge in [0.2, 0.25) is 5.91 Å². The van der Waals surface area contributed by atoms with E-state index in [0.29, 0.717) is 19.5 Å². The van der Waals surface area contributed by atoms with Gasteiger partial charge in [-0.25, -0.2) is 0 Å². The molecule has 8 heteroatoms. The first-order valence-electron chi connectivity index (χ1n) is 25.0. The maximum atomic E-state index is 12.5. The van der Waals surface area contributed by atoms with Gasteiger partial charge >= 0.3 is 0 Å². The number of likely N-dealkylation sites (N-methyl/N-ethyl adjacent to an activating group) is 1. The maximum absolute atomic E-state index is 12.5. The third-order valence-electron chi connectivity index (χ3n) is 11.8. The third-order valence-corrected chi connectivity index (χ3v) is 14.2. The molecule has 0 aliphatic rings. The Morgan fingerprint density at radius 2 is 0.649 bits per heavy atom. The molecule has 0 radical (unpaired) electrons. The summed E-state index contributed by atoms with van der Waals surface area (Å²) in [6.07, 6.45) is 44.4. The van der Waals surface area contributed by atoms with Gasteiger partial charge in [0.1, 0.15) is 0 Å². The highest BCUT2D eigenvalue weighted by molar-refractivity contribution is 8.76. The predicted octanol–water partition coefficient (Wildman–Crippen LogP) is 13.7. The summed E-state index contributed by atoms with van der Waals surface area (Å²) in [6.45, 7) is 10.3. The van der Waals surface area contributed by atoms with E-state index in [1.807, 2.05) is 0 Å². The van der Waals surface area contributed by atoms with Crippen molar-refractivity contribution in [3.8, 4) is 0 Å². The highest BCUT2D eigenvalue weighted by Crippen LogP contribution is 2.20. The summed E-state index contributed by atoms with van der Waals surface area (Å²) in [7, 11) is 12.8. The Morgan fingerprint density at radius 1 is 0.368 bits per heavy atom. The number of rotatable bonds is 46. The molecular formula is C49H102N4O2S2+2. The molecule has 0 aromatic heterocycles.